The van der Waals surface area contributed by atoms with E-state index in [2.05, 4.69) is 0 Å². The predicted molar refractivity (Wildman–Crippen MR) is 67.3 cm³/mol. The number of hydrogen-bond acceptors (Lipinski definition) is 5. The van der Waals surface area contributed by atoms with Crippen LogP contribution in [0.5, 0.6) is 0 Å². The molecule has 1 aliphatic heterocycles. The highest BCUT2D eigenvalue weighted by Crippen LogP contribution is 1.98. The highest BCUT2D eigenvalue weighted by atomic mass is 16.5. The van der Waals surface area contributed by atoms with Crippen LogP contribution in [0.1, 0.15) is 13.3 Å². The van der Waals surface area contributed by atoms with Gasteiger partial charge in [-0.25, -0.2) is 0 Å². The molecule has 0 saturated carbocycles. The monoisotopic (exact) mass is 260 g/mol. The largest absolute Gasteiger partial charge is 0.377 e. The Balaban J connectivity index is 2.43. The quantitative estimate of drug-likeness (QED) is 0.732. The van der Waals surface area contributed by atoms with E-state index in [1.807, 2.05) is 6.92 Å². The molecule has 1 aliphatic rings. The van der Waals surface area contributed by atoms with Gasteiger partial charge >= 0.3 is 0 Å². The van der Waals surface area contributed by atoms with Crippen LogP contribution in [0.4, 0.5) is 0 Å². The maximum absolute atomic E-state index is 12.0. The predicted octanol–water partition coefficient (Wildman–Crippen LogP) is -0.384. The fourth-order valence-electron chi connectivity index (χ4n) is 1.63. The van der Waals surface area contributed by atoms with Crippen LogP contribution in [0.2, 0.25) is 0 Å². The van der Waals surface area contributed by atoms with Gasteiger partial charge in [-0.3, -0.25) is 4.79 Å². The van der Waals surface area contributed by atoms with Crippen molar-refractivity contribution in [2.45, 2.75) is 19.4 Å². The summed E-state index contributed by atoms with van der Waals surface area (Å²) in [6.45, 7) is 6.23. The van der Waals surface area contributed by atoms with Gasteiger partial charge in [0, 0.05) is 13.1 Å². The van der Waals surface area contributed by atoms with E-state index in [0.717, 1.165) is 0 Å². The first-order chi connectivity index (χ1) is 8.75. The molecule has 1 heterocycles. The van der Waals surface area contributed by atoms with E-state index < -0.39 is 6.04 Å². The molecule has 2 N–H and O–H groups in total. The van der Waals surface area contributed by atoms with Crippen LogP contribution < -0.4 is 5.73 Å². The van der Waals surface area contributed by atoms with Gasteiger partial charge in [-0.15, -0.1) is 0 Å². The Kier molecular flexibility index (Phi) is 7.91. The molecule has 6 nitrogen and oxygen atoms in total. The summed E-state index contributed by atoms with van der Waals surface area (Å²) >= 11 is 0. The van der Waals surface area contributed by atoms with Crippen LogP contribution >= 0.6 is 0 Å². The molecule has 1 atom stereocenters. The summed E-state index contributed by atoms with van der Waals surface area (Å²) in [6.07, 6.45) is 0.644. The summed E-state index contributed by atoms with van der Waals surface area (Å²) in [5.41, 5.74) is 5.77. The molecule has 1 fully saturated rings. The van der Waals surface area contributed by atoms with Crippen molar-refractivity contribution in [2.75, 3.05) is 52.7 Å². The molecule has 1 saturated heterocycles. The normalized spacial score (nSPS) is 21.8. The molecule has 0 spiro atoms. The Morgan fingerprint density at radius 2 is 1.50 bits per heavy atom. The van der Waals surface area contributed by atoms with Crippen LogP contribution in [0.15, 0.2) is 0 Å². The summed E-state index contributed by atoms with van der Waals surface area (Å²) in [5, 5.41) is 0. The van der Waals surface area contributed by atoms with Crippen molar-refractivity contribution in [2.24, 2.45) is 5.73 Å². The van der Waals surface area contributed by atoms with E-state index in [1.165, 1.54) is 0 Å². The third kappa shape index (κ3) is 5.77. The Morgan fingerprint density at radius 3 is 1.94 bits per heavy atom. The summed E-state index contributed by atoms with van der Waals surface area (Å²) in [5.74, 6) is -0.0296. The molecule has 0 aromatic carbocycles. The van der Waals surface area contributed by atoms with E-state index in [0.29, 0.717) is 59.2 Å². The summed E-state index contributed by atoms with van der Waals surface area (Å²) in [7, 11) is 0. The molecule has 1 rings (SSSR count). The van der Waals surface area contributed by atoms with Crippen molar-refractivity contribution in [1.29, 1.82) is 0 Å². The summed E-state index contributed by atoms with van der Waals surface area (Å²) < 4.78 is 16.1. The van der Waals surface area contributed by atoms with E-state index in [1.54, 1.807) is 4.90 Å². The van der Waals surface area contributed by atoms with Crippen LogP contribution in [0.3, 0.4) is 0 Å². The van der Waals surface area contributed by atoms with Gasteiger partial charge < -0.3 is 24.8 Å². The van der Waals surface area contributed by atoms with Crippen molar-refractivity contribution in [3.05, 3.63) is 0 Å². The number of carbonyl (C=O) groups is 1. The number of ether oxygens (including phenoxy) is 3. The lowest BCUT2D eigenvalue weighted by Crippen LogP contribution is -2.46. The molecule has 106 valence electrons. The van der Waals surface area contributed by atoms with Crippen molar-refractivity contribution in [3.8, 4) is 0 Å². The molecular formula is C12H24N2O4. The number of amides is 1. The fraction of sp³-hybridized carbons (Fsp3) is 0.917. The average Bonchev–Trinajstić information content (AvgIpc) is 2.37. The van der Waals surface area contributed by atoms with Gasteiger partial charge in [0.2, 0.25) is 5.91 Å². The van der Waals surface area contributed by atoms with Crippen molar-refractivity contribution in [1.82, 2.24) is 4.90 Å². The number of rotatable bonds is 2. The molecule has 0 bridgehead atoms. The van der Waals surface area contributed by atoms with E-state index >= 15 is 0 Å². The van der Waals surface area contributed by atoms with Gasteiger partial charge in [-0.2, -0.15) is 0 Å². The van der Waals surface area contributed by atoms with Crippen LogP contribution in [-0.4, -0.2) is 69.6 Å². The molecule has 0 aliphatic carbocycles. The molecular weight excluding hydrogens is 236 g/mol. The molecule has 18 heavy (non-hydrogen) atoms. The zero-order chi connectivity index (χ0) is 13.2. The molecule has 1 amide bonds. The first kappa shape index (κ1) is 15.4. The number of nitrogens with two attached hydrogens (primary N) is 1. The van der Waals surface area contributed by atoms with Crippen LogP contribution in [0, 0.1) is 0 Å². The molecule has 0 unspecified atom stereocenters. The maximum Gasteiger partial charge on any atom is 0.239 e. The van der Waals surface area contributed by atoms with E-state index in [-0.39, 0.29) is 5.91 Å². The van der Waals surface area contributed by atoms with Gasteiger partial charge in [0.15, 0.2) is 0 Å². The standard InChI is InChI=1S/C12H24N2O4/c1-2-11(13)12(15)14-3-5-16-7-9-18-10-8-17-6-4-14/h11H,2-10,13H2,1H3/t11-/m0/s1. The molecule has 6 heteroatoms. The number of carbonyl (C=O) groups excluding carboxylic acids is 1. The Morgan fingerprint density at radius 1 is 1.06 bits per heavy atom. The Hall–Kier alpha value is -0.690. The van der Waals surface area contributed by atoms with Crippen LogP contribution in [0.25, 0.3) is 0 Å². The Labute approximate surface area is 108 Å². The maximum atomic E-state index is 12.0. The third-order valence-electron chi connectivity index (χ3n) is 2.82. The molecule has 0 aromatic heterocycles. The van der Waals surface area contributed by atoms with E-state index in [9.17, 15) is 4.79 Å². The fourth-order valence-corrected chi connectivity index (χ4v) is 1.63. The second-order valence-electron chi connectivity index (χ2n) is 4.18. The first-order valence-electron chi connectivity index (χ1n) is 6.53. The smallest absolute Gasteiger partial charge is 0.239 e. The van der Waals surface area contributed by atoms with Crippen molar-refractivity contribution >= 4 is 5.91 Å². The lowest BCUT2D eigenvalue weighted by atomic mass is 10.2. The van der Waals surface area contributed by atoms with Crippen molar-refractivity contribution in [3.63, 3.8) is 0 Å². The second kappa shape index (κ2) is 9.27. The Bertz CT molecular complexity index is 226. The first-order valence-corrected chi connectivity index (χ1v) is 6.53. The zero-order valence-electron chi connectivity index (χ0n) is 11.1. The zero-order valence-corrected chi connectivity index (χ0v) is 11.1. The molecule has 0 aromatic rings. The van der Waals surface area contributed by atoms with Gasteiger partial charge in [-0.05, 0) is 6.42 Å². The van der Waals surface area contributed by atoms with E-state index in [4.69, 9.17) is 19.9 Å². The number of hydrogen-bond donors (Lipinski definition) is 1. The topological polar surface area (TPSA) is 74.0 Å². The van der Waals surface area contributed by atoms with Crippen LogP contribution in [-0.2, 0) is 19.0 Å². The minimum Gasteiger partial charge on any atom is -0.377 e. The number of nitrogens with zero attached hydrogens (tertiary/aromatic N) is 1. The lowest BCUT2D eigenvalue weighted by Gasteiger charge is -2.25. The van der Waals surface area contributed by atoms with Crippen molar-refractivity contribution < 1.29 is 19.0 Å². The highest BCUT2D eigenvalue weighted by molar-refractivity contribution is 5.81. The molecule has 0 radical (unpaired) electrons. The average molecular weight is 260 g/mol. The van der Waals surface area contributed by atoms with Gasteiger partial charge in [0.05, 0.1) is 45.7 Å². The second-order valence-corrected chi connectivity index (χ2v) is 4.18. The highest BCUT2D eigenvalue weighted by Gasteiger charge is 2.19. The lowest BCUT2D eigenvalue weighted by molar-refractivity contribution is -0.134. The van der Waals surface area contributed by atoms with Gasteiger partial charge in [0.25, 0.3) is 0 Å². The SMILES string of the molecule is CC[C@H](N)C(=O)N1CCOCCOCCOCC1. The van der Waals surface area contributed by atoms with Gasteiger partial charge in [-0.1, -0.05) is 6.92 Å². The third-order valence-corrected chi connectivity index (χ3v) is 2.82. The summed E-state index contributed by atoms with van der Waals surface area (Å²) in [4.78, 5) is 13.7. The minimum absolute atomic E-state index is 0.0296. The summed E-state index contributed by atoms with van der Waals surface area (Å²) in [6, 6.07) is -0.429. The minimum atomic E-state index is -0.429. The van der Waals surface area contributed by atoms with Gasteiger partial charge in [0.1, 0.15) is 0 Å².